The van der Waals surface area contributed by atoms with Crippen molar-refractivity contribution in [2.45, 2.75) is 32.8 Å². The molecule has 1 aromatic carbocycles. The van der Waals surface area contributed by atoms with E-state index in [1.807, 2.05) is 30.0 Å². The van der Waals surface area contributed by atoms with Gasteiger partial charge in [0.25, 0.3) is 5.88 Å². The van der Waals surface area contributed by atoms with Gasteiger partial charge in [-0.1, -0.05) is 0 Å². The monoisotopic (exact) mass is 422 g/mol. The Hall–Kier alpha value is -3.42. The number of aromatic nitrogens is 3. The molecule has 0 radical (unpaired) electrons. The predicted octanol–water partition coefficient (Wildman–Crippen LogP) is 3.41. The second-order valence-electron chi connectivity index (χ2n) is 7.59. The van der Waals surface area contributed by atoms with Crippen molar-refractivity contribution < 1.29 is 19.0 Å². The number of rotatable bonds is 5. The van der Waals surface area contributed by atoms with Crippen LogP contribution in [0.1, 0.15) is 25.5 Å². The molecule has 1 fully saturated rings. The SMILES string of the molecule is COc1cc(-c2cc(OC3CCN(C(C)=O)CC3)c3ncnc(C)c3c2)cnc1OC. The summed E-state index contributed by atoms with van der Waals surface area (Å²) in [5.41, 5.74) is 3.45. The zero-order valence-corrected chi connectivity index (χ0v) is 18.2. The number of carbonyl (C=O) groups excluding carboxylic acids is 1. The van der Waals surface area contributed by atoms with Crippen LogP contribution in [0.3, 0.4) is 0 Å². The van der Waals surface area contributed by atoms with Gasteiger partial charge in [-0.2, -0.15) is 0 Å². The van der Waals surface area contributed by atoms with Gasteiger partial charge in [0.1, 0.15) is 23.7 Å². The minimum Gasteiger partial charge on any atom is -0.491 e. The van der Waals surface area contributed by atoms with Gasteiger partial charge in [0.05, 0.1) is 14.2 Å². The van der Waals surface area contributed by atoms with Gasteiger partial charge in [0, 0.05) is 55.7 Å². The molecule has 4 rings (SSSR count). The molecular formula is C23H26N4O4. The number of ether oxygens (including phenoxy) is 3. The average Bonchev–Trinajstić information content (AvgIpc) is 2.79. The second-order valence-corrected chi connectivity index (χ2v) is 7.59. The predicted molar refractivity (Wildman–Crippen MR) is 117 cm³/mol. The average molecular weight is 422 g/mol. The fourth-order valence-electron chi connectivity index (χ4n) is 3.87. The van der Waals surface area contributed by atoms with E-state index in [0.29, 0.717) is 30.5 Å². The number of hydrogen-bond donors (Lipinski definition) is 0. The summed E-state index contributed by atoms with van der Waals surface area (Å²) in [6.07, 6.45) is 4.89. The highest BCUT2D eigenvalue weighted by atomic mass is 16.5. The van der Waals surface area contributed by atoms with Gasteiger partial charge in [0.15, 0.2) is 5.75 Å². The summed E-state index contributed by atoms with van der Waals surface area (Å²) >= 11 is 0. The van der Waals surface area contributed by atoms with Crippen LogP contribution < -0.4 is 14.2 Å². The standard InChI is InChI=1S/C23H26N4O4/c1-14-19-9-16(17-11-21(29-3)23(30-4)24-12-17)10-20(22(19)26-13-25-14)31-18-5-7-27(8-6-18)15(2)28/h9-13,18H,5-8H2,1-4H3. The van der Waals surface area contributed by atoms with E-state index >= 15 is 0 Å². The number of aryl methyl sites for hydroxylation is 1. The first-order chi connectivity index (χ1) is 15.0. The minimum atomic E-state index is 0.0212. The van der Waals surface area contributed by atoms with E-state index in [1.165, 1.54) is 0 Å². The normalized spacial score (nSPS) is 14.5. The molecule has 162 valence electrons. The Kier molecular flexibility index (Phi) is 5.88. The largest absolute Gasteiger partial charge is 0.491 e. The van der Waals surface area contributed by atoms with Gasteiger partial charge in [0.2, 0.25) is 5.91 Å². The highest BCUT2D eigenvalue weighted by molar-refractivity contribution is 5.91. The van der Waals surface area contributed by atoms with E-state index in [0.717, 1.165) is 40.6 Å². The Morgan fingerprint density at radius 1 is 1.00 bits per heavy atom. The number of carbonyl (C=O) groups is 1. The summed E-state index contributed by atoms with van der Waals surface area (Å²) in [5.74, 6) is 1.80. The smallest absolute Gasteiger partial charge is 0.256 e. The molecule has 0 aliphatic carbocycles. The number of likely N-dealkylation sites (tertiary alicyclic amines) is 1. The number of benzene rings is 1. The number of hydrogen-bond acceptors (Lipinski definition) is 7. The lowest BCUT2D eigenvalue weighted by molar-refractivity contribution is -0.130. The van der Waals surface area contributed by atoms with Crippen molar-refractivity contribution in [3.8, 4) is 28.5 Å². The van der Waals surface area contributed by atoms with Crippen molar-refractivity contribution in [3.05, 3.63) is 36.4 Å². The van der Waals surface area contributed by atoms with E-state index in [2.05, 4.69) is 15.0 Å². The maximum atomic E-state index is 11.6. The maximum absolute atomic E-state index is 11.6. The molecule has 1 amide bonds. The van der Waals surface area contributed by atoms with Gasteiger partial charge < -0.3 is 19.1 Å². The number of methoxy groups -OCH3 is 2. The maximum Gasteiger partial charge on any atom is 0.256 e. The lowest BCUT2D eigenvalue weighted by atomic mass is 10.0. The fraction of sp³-hybridized carbons (Fsp3) is 0.391. The Morgan fingerprint density at radius 3 is 2.42 bits per heavy atom. The van der Waals surface area contributed by atoms with E-state index in [4.69, 9.17) is 14.2 Å². The molecule has 0 spiro atoms. The molecule has 0 unspecified atom stereocenters. The zero-order chi connectivity index (χ0) is 22.0. The lowest BCUT2D eigenvalue weighted by Crippen LogP contribution is -2.40. The third-order valence-corrected chi connectivity index (χ3v) is 5.65. The van der Waals surface area contributed by atoms with Crippen molar-refractivity contribution in [2.75, 3.05) is 27.3 Å². The molecule has 8 nitrogen and oxygen atoms in total. The van der Waals surface area contributed by atoms with Crippen LogP contribution in [-0.2, 0) is 4.79 Å². The molecule has 3 aromatic rings. The summed E-state index contributed by atoms with van der Waals surface area (Å²) in [6, 6.07) is 5.91. The van der Waals surface area contributed by atoms with E-state index < -0.39 is 0 Å². The summed E-state index contributed by atoms with van der Waals surface area (Å²) in [5, 5.41) is 0.922. The van der Waals surface area contributed by atoms with Crippen LogP contribution in [0.25, 0.3) is 22.0 Å². The number of amides is 1. The van der Waals surface area contributed by atoms with Crippen LogP contribution in [0.4, 0.5) is 0 Å². The van der Waals surface area contributed by atoms with E-state index in [-0.39, 0.29) is 12.0 Å². The molecule has 31 heavy (non-hydrogen) atoms. The number of nitrogens with zero attached hydrogens (tertiary/aromatic N) is 4. The van der Waals surface area contributed by atoms with Crippen LogP contribution in [-0.4, -0.2) is 59.2 Å². The van der Waals surface area contributed by atoms with Crippen molar-refractivity contribution in [3.63, 3.8) is 0 Å². The molecule has 0 N–H and O–H groups in total. The van der Waals surface area contributed by atoms with Gasteiger partial charge in [-0.25, -0.2) is 15.0 Å². The first-order valence-corrected chi connectivity index (χ1v) is 10.3. The molecule has 0 bridgehead atoms. The minimum absolute atomic E-state index is 0.0212. The summed E-state index contributed by atoms with van der Waals surface area (Å²) < 4.78 is 17.1. The highest BCUT2D eigenvalue weighted by Crippen LogP contribution is 2.36. The fourth-order valence-corrected chi connectivity index (χ4v) is 3.87. The Labute approximate surface area is 181 Å². The van der Waals surface area contributed by atoms with Gasteiger partial charge in [-0.05, 0) is 30.7 Å². The summed E-state index contributed by atoms with van der Waals surface area (Å²) in [4.78, 5) is 26.7. The first kappa shape index (κ1) is 20.8. The lowest BCUT2D eigenvalue weighted by Gasteiger charge is -2.31. The van der Waals surface area contributed by atoms with Crippen molar-refractivity contribution >= 4 is 16.8 Å². The van der Waals surface area contributed by atoms with E-state index in [1.54, 1.807) is 33.7 Å². The molecule has 1 saturated heterocycles. The number of pyridine rings is 1. The third-order valence-electron chi connectivity index (χ3n) is 5.65. The summed E-state index contributed by atoms with van der Waals surface area (Å²) in [7, 11) is 3.15. The third kappa shape index (κ3) is 4.23. The molecule has 0 atom stereocenters. The van der Waals surface area contributed by atoms with Crippen LogP contribution in [0, 0.1) is 6.92 Å². The molecule has 1 aliphatic heterocycles. The summed E-state index contributed by atoms with van der Waals surface area (Å²) in [6.45, 7) is 4.96. The zero-order valence-electron chi connectivity index (χ0n) is 18.2. The quantitative estimate of drug-likeness (QED) is 0.623. The first-order valence-electron chi connectivity index (χ1n) is 10.3. The van der Waals surface area contributed by atoms with Gasteiger partial charge in [-0.15, -0.1) is 0 Å². The molecule has 3 heterocycles. The topological polar surface area (TPSA) is 86.7 Å². The van der Waals surface area contributed by atoms with Gasteiger partial charge >= 0.3 is 0 Å². The van der Waals surface area contributed by atoms with Crippen molar-refractivity contribution in [1.82, 2.24) is 19.9 Å². The Morgan fingerprint density at radius 2 is 1.74 bits per heavy atom. The Balaban J connectivity index is 1.72. The van der Waals surface area contributed by atoms with Gasteiger partial charge in [-0.3, -0.25) is 4.79 Å². The Bertz CT molecular complexity index is 1110. The van der Waals surface area contributed by atoms with E-state index in [9.17, 15) is 4.79 Å². The van der Waals surface area contributed by atoms with Crippen LogP contribution in [0.5, 0.6) is 17.4 Å². The number of piperidine rings is 1. The highest BCUT2D eigenvalue weighted by Gasteiger charge is 2.23. The molecule has 2 aromatic heterocycles. The number of fused-ring (bicyclic) bond motifs is 1. The van der Waals surface area contributed by atoms with Crippen molar-refractivity contribution in [1.29, 1.82) is 0 Å². The van der Waals surface area contributed by atoms with Crippen LogP contribution in [0.2, 0.25) is 0 Å². The molecule has 0 saturated carbocycles. The van der Waals surface area contributed by atoms with Crippen LogP contribution in [0.15, 0.2) is 30.7 Å². The second kappa shape index (κ2) is 8.75. The van der Waals surface area contributed by atoms with Crippen molar-refractivity contribution in [2.24, 2.45) is 0 Å². The van der Waals surface area contributed by atoms with Crippen LogP contribution >= 0.6 is 0 Å². The molecular weight excluding hydrogens is 396 g/mol. The molecule has 1 aliphatic rings. The molecule has 8 heteroatoms.